The molecule has 0 saturated carbocycles. The van der Waals surface area contributed by atoms with Crippen LogP contribution in [0.2, 0.25) is 15.1 Å². The van der Waals surface area contributed by atoms with Crippen LogP contribution >= 0.6 is 34.8 Å². The van der Waals surface area contributed by atoms with E-state index in [4.69, 9.17) is 44.3 Å². The third kappa shape index (κ3) is 5.53. The number of nitrogens with one attached hydrogen (secondary N) is 1. The van der Waals surface area contributed by atoms with Crippen molar-refractivity contribution in [3.05, 3.63) is 81.3 Å². The molecule has 4 rings (SSSR count). The standard InChI is InChI=1S/C24H19Cl3N2O4/c1-14-24(31)29(12-15-3-2-4-16(25)9-15)20-11-18(6-8-22(20)33-14)28-23(30)13-32-21-7-5-17(26)10-19(21)27/h2-11,14H,12-13H2,1H3,(H,28,30). The fourth-order valence-electron chi connectivity index (χ4n) is 3.40. The third-order valence-corrected chi connectivity index (χ3v) is 5.70. The summed E-state index contributed by atoms with van der Waals surface area (Å²) in [5, 5.41) is 4.13. The van der Waals surface area contributed by atoms with E-state index in [1.54, 1.807) is 54.3 Å². The monoisotopic (exact) mass is 504 g/mol. The van der Waals surface area contributed by atoms with Gasteiger partial charge in [0, 0.05) is 15.7 Å². The molecule has 170 valence electrons. The van der Waals surface area contributed by atoms with Crippen molar-refractivity contribution in [3.63, 3.8) is 0 Å². The van der Waals surface area contributed by atoms with E-state index in [0.717, 1.165) is 5.56 Å². The van der Waals surface area contributed by atoms with E-state index in [1.165, 1.54) is 6.07 Å². The summed E-state index contributed by atoms with van der Waals surface area (Å²) < 4.78 is 11.2. The van der Waals surface area contributed by atoms with Gasteiger partial charge in [0.05, 0.1) is 17.3 Å². The molecular weight excluding hydrogens is 487 g/mol. The average molecular weight is 506 g/mol. The van der Waals surface area contributed by atoms with Crippen LogP contribution < -0.4 is 19.7 Å². The second-order valence-corrected chi connectivity index (χ2v) is 8.69. The molecule has 3 aromatic rings. The number of anilines is 2. The first-order valence-corrected chi connectivity index (χ1v) is 11.2. The summed E-state index contributed by atoms with van der Waals surface area (Å²) in [6, 6.07) is 17.2. The molecule has 0 aliphatic carbocycles. The maximum Gasteiger partial charge on any atom is 0.268 e. The van der Waals surface area contributed by atoms with Crippen molar-refractivity contribution in [1.29, 1.82) is 0 Å². The predicted octanol–water partition coefficient (Wildman–Crippen LogP) is 5.98. The molecule has 0 bridgehead atoms. The Labute approximate surface area is 205 Å². The van der Waals surface area contributed by atoms with Crippen molar-refractivity contribution in [3.8, 4) is 11.5 Å². The van der Waals surface area contributed by atoms with Crippen LogP contribution in [0.4, 0.5) is 11.4 Å². The zero-order valence-electron chi connectivity index (χ0n) is 17.5. The second kappa shape index (κ2) is 9.91. The molecule has 1 atom stereocenters. The van der Waals surface area contributed by atoms with E-state index >= 15 is 0 Å². The number of hydrogen-bond acceptors (Lipinski definition) is 4. The minimum Gasteiger partial charge on any atom is -0.482 e. The molecule has 1 aliphatic rings. The van der Waals surface area contributed by atoms with Crippen molar-refractivity contribution >= 4 is 58.0 Å². The molecule has 1 heterocycles. The van der Waals surface area contributed by atoms with Gasteiger partial charge in [0.2, 0.25) is 0 Å². The molecule has 0 radical (unpaired) electrons. The summed E-state index contributed by atoms with van der Waals surface area (Å²) in [5.74, 6) is 0.319. The number of halogens is 3. The summed E-state index contributed by atoms with van der Waals surface area (Å²) in [6.07, 6.45) is -0.630. The maximum absolute atomic E-state index is 12.9. The van der Waals surface area contributed by atoms with Crippen LogP contribution in [0, 0.1) is 0 Å². The Morgan fingerprint density at radius 3 is 2.61 bits per heavy atom. The van der Waals surface area contributed by atoms with Gasteiger partial charge in [-0.3, -0.25) is 9.59 Å². The predicted molar refractivity (Wildman–Crippen MR) is 130 cm³/mol. The van der Waals surface area contributed by atoms with E-state index in [2.05, 4.69) is 5.32 Å². The normalized spacial score (nSPS) is 15.0. The van der Waals surface area contributed by atoms with E-state index in [1.807, 2.05) is 12.1 Å². The topological polar surface area (TPSA) is 67.9 Å². The zero-order chi connectivity index (χ0) is 23.5. The highest BCUT2D eigenvalue weighted by atomic mass is 35.5. The molecule has 2 amide bonds. The summed E-state index contributed by atoms with van der Waals surface area (Å²) in [7, 11) is 0. The Balaban J connectivity index is 1.50. The van der Waals surface area contributed by atoms with Crippen LogP contribution in [-0.4, -0.2) is 24.5 Å². The highest BCUT2D eigenvalue weighted by Crippen LogP contribution is 2.37. The number of nitrogens with zero attached hydrogens (tertiary/aromatic N) is 1. The number of amides is 2. The van der Waals surface area contributed by atoms with Gasteiger partial charge in [-0.25, -0.2) is 0 Å². The Morgan fingerprint density at radius 2 is 1.85 bits per heavy atom. The Hall–Kier alpha value is -2.93. The van der Waals surface area contributed by atoms with Gasteiger partial charge < -0.3 is 19.7 Å². The van der Waals surface area contributed by atoms with Crippen LogP contribution in [0.15, 0.2) is 60.7 Å². The maximum atomic E-state index is 12.9. The van der Waals surface area contributed by atoms with E-state index in [9.17, 15) is 9.59 Å². The molecule has 1 N–H and O–H groups in total. The molecular formula is C24H19Cl3N2O4. The van der Waals surface area contributed by atoms with Crippen molar-refractivity contribution in [1.82, 2.24) is 0 Å². The van der Waals surface area contributed by atoms with Crippen molar-refractivity contribution in [2.45, 2.75) is 19.6 Å². The fourth-order valence-corrected chi connectivity index (χ4v) is 4.07. The van der Waals surface area contributed by atoms with Gasteiger partial charge in [-0.05, 0) is 61.0 Å². The Kier molecular flexibility index (Phi) is 6.98. The lowest BCUT2D eigenvalue weighted by Crippen LogP contribution is -2.44. The van der Waals surface area contributed by atoms with Crippen molar-refractivity contribution < 1.29 is 19.1 Å². The molecule has 0 saturated heterocycles. The SMILES string of the molecule is CC1Oc2ccc(NC(=O)COc3ccc(Cl)cc3Cl)cc2N(Cc2cccc(Cl)c2)C1=O. The van der Waals surface area contributed by atoms with Gasteiger partial charge in [0.15, 0.2) is 12.7 Å². The Morgan fingerprint density at radius 1 is 1.06 bits per heavy atom. The summed E-state index contributed by atoms with van der Waals surface area (Å²) in [6.45, 7) is 1.76. The fraction of sp³-hybridized carbons (Fsp3) is 0.167. The number of hydrogen-bond donors (Lipinski definition) is 1. The highest BCUT2D eigenvalue weighted by molar-refractivity contribution is 6.35. The number of ether oxygens (including phenoxy) is 2. The number of rotatable bonds is 6. The van der Waals surface area contributed by atoms with E-state index in [-0.39, 0.29) is 12.5 Å². The van der Waals surface area contributed by atoms with Crippen molar-refractivity contribution in [2.24, 2.45) is 0 Å². The van der Waals surface area contributed by atoms with Crippen LogP contribution in [0.5, 0.6) is 11.5 Å². The number of carbonyl (C=O) groups is 2. The Bertz CT molecular complexity index is 1220. The van der Waals surface area contributed by atoms with Gasteiger partial charge in [0.25, 0.3) is 11.8 Å². The van der Waals surface area contributed by atoms with Crippen LogP contribution in [0.3, 0.4) is 0 Å². The van der Waals surface area contributed by atoms with Crippen LogP contribution in [0.25, 0.3) is 0 Å². The first-order valence-electron chi connectivity index (χ1n) is 10.0. The molecule has 1 unspecified atom stereocenters. The number of benzene rings is 3. The van der Waals surface area contributed by atoms with Gasteiger partial charge in [-0.15, -0.1) is 0 Å². The lowest BCUT2D eigenvalue weighted by Gasteiger charge is -2.33. The zero-order valence-corrected chi connectivity index (χ0v) is 19.7. The molecule has 3 aromatic carbocycles. The summed E-state index contributed by atoms with van der Waals surface area (Å²) in [5.41, 5.74) is 1.92. The van der Waals surface area contributed by atoms with E-state index < -0.39 is 12.0 Å². The van der Waals surface area contributed by atoms with Gasteiger partial charge in [-0.2, -0.15) is 0 Å². The molecule has 0 spiro atoms. The second-order valence-electron chi connectivity index (χ2n) is 7.41. The molecule has 6 nitrogen and oxygen atoms in total. The van der Waals surface area contributed by atoms with Crippen LogP contribution in [0.1, 0.15) is 12.5 Å². The lowest BCUT2D eigenvalue weighted by atomic mass is 10.1. The molecule has 1 aliphatic heterocycles. The third-order valence-electron chi connectivity index (χ3n) is 4.93. The van der Waals surface area contributed by atoms with Crippen molar-refractivity contribution in [2.75, 3.05) is 16.8 Å². The molecule has 9 heteroatoms. The smallest absolute Gasteiger partial charge is 0.268 e. The minimum absolute atomic E-state index is 0.188. The minimum atomic E-state index is -0.630. The number of fused-ring (bicyclic) bond motifs is 1. The first-order chi connectivity index (χ1) is 15.8. The molecule has 0 fully saturated rings. The lowest BCUT2D eigenvalue weighted by molar-refractivity contribution is -0.125. The van der Waals surface area contributed by atoms with Gasteiger partial charge >= 0.3 is 0 Å². The summed E-state index contributed by atoms with van der Waals surface area (Å²) in [4.78, 5) is 26.9. The van der Waals surface area contributed by atoms with Gasteiger partial charge in [-0.1, -0.05) is 46.9 Å². The average Bonchev–Trinajstić information content (AvgIpc) is 2.77. The largest absolute Gasteiger partial charge is 0.482 e. The molecule has 33 heavy (non-hydrogen) atoms. The van der Waals surface area contributed by atoms with E-state index in [0.29, 0.717) is 44.5 Å². The molecule has 0 aromatic heterocycles. The summed E-state index contributed by atoms with van der Waals surface area (Å²) >= 11 is 18.0. The van der Waals surface area contributed by atoms with Crippen LogP contribution in [-0.2, 0) is 16.1 Å². The quantitative estimate of drug-likeness (QED) is 0.448. The number of carbonyl (C=O) groups excluding carboxylic acids is 2. The first kappa shape index (κ1) is 23.2. The van der Waals surface area contributed by atoms with Gasteiger partial charge in [0.1, 0.15) is 11.5 Å². The highest BCUT2D eigenvalue weighted by Gasteiger charge is 2.32.